The van der Waals surface area contributed by atoms with Gasteiger partial charge in [0.15, 0.2) is 0 Å². The topological polar surface area (TPSA) is 82.7 Å². The predicted octanol–water partition coefficient (Wildman–Crippen LogP) is 1.16. The van der Waals surface area contributed by atoms with E-state index in [9.17, 15) is 9.90 Å². The molecule has 2 heterocycles. The normalized spacial score (nSPS) is 15.3. The number of carbonyl (C=O) groups excluding carboxylic acids is 1. The van der Waals surface area contributed by atoms with Crippen LogP contribution in [-0.4, -0.2) is 58.5 Å². The minimum absolute atomic E-state index is 0.0510. The molecule has 132 valence electrons. The van der Waals surface area contributed by atoms with Crippen molar-refractivity contribution in [3.8, 4) is 0 Å². The smallest absolute Gasteiger partial charge is 0.255 e. The monoisotopic (exact) mass is 340 g/mol. The van der Waals surface area contributed by atoms with Gasteiger partial charge in [0.25, 0.3) is 5.91 Å². The summed E-state index contributed by atoms with van der Waals surface area (Å²) in [5.41, 5.74) is 7.99. The Morgan fingerprint density at radius 2 is 1.88 bits per heavy atom. The molecule has 1 aromatic heterocycles. The number of rotatable bonds is 5. The molecule has 1 aliphatic rings. The van der Waals surface area contributed by atoms with Crippen molar-refractivity contribution in [2.45, 2.75) is 13.0 Å². The summed E-state index contributed by atoms with van der Waals surface area (Å²) < 4.78 is 0. The average Bonchev–Trinajstić information content (AvgIpc) is 2.67. The highest BCUT2D eigenvalue weighted by atomic mass is 16.3. The Bertz CT molecular complexity index is 713. The number of amides is 1. The fourth-order valence-electron chi connectivity index (χ4n) is 3.05. The molecule has 3 rings (SSSR count). The zero-order chi connectivity index (χ0) is 17.6. The molecule has 0 bridgehead atoms. The third kappa shape index (κ3) is 4.35. The van der Waals surface area contributed by atoms with Crippen molar-refractivity contribution >= 4 is 11.7 Å². The van der Waals surface area contributed by atoms with Crippen LogP contribution in [-0.2, 0) is 13.0 Å². The molecular weight excluding hydrogens is 316 g/mol. The molecule has 2 aromatic rings. The van der Waals surface area contributed by atoms with Crippen LogP contribution in [0.5, 0.6) is 0 Å². The first kappa shape index (κ1) is 17.4. The van der Waals surface area contributed by atoms with E-state index in [1.165, 1.54) is 11.8 Å². The maximum Gasteiger partial charge on any atom is 0.255 e. The summed E-state index contributed by atoms with van der Waals surface area (Å²) >= 11 is 0. The van der Waals surface area contributed by atoms with E-state index in [1.807, 2.05) is 11.0 Å². The number of nitrogens with two attached hydrogens (primary N) is 1. The molecule has 3 N–H and O–H groups in total. The predicted molar refractivity (Wildman–Crippen MR) is 97.1 cm³/mol. The second-order valence-electron chi connectivity index (χ2n) is 6.30. The average molecular weight is 340 g/mol. The fourth-order valence-corrected chi connectivity index (χ4v) is 3.05. The van der Waals surface area contributed by atoms with Crippen LogP contribution >= 0.6 is 0 Å². The van der Waals surface area contributed by atoms with E-state index in [-0.39, 0.29) is 18.3 Å². The van der Waals surface area contributed by atoms with Crippen molar-refractivity contribution in [1.82, 2.24) is 14.8 Å². The number of nitrogens with zero attached hydrogens (tertiary/aromatic N) is 3. The van der Waals surface area contributed by atoms with Gasteiger partial charge in [-0.15, -0.1) is 0 Å². The zero-order valence-corrected chi connectivity index (χ0v) is 14.3. The van der Waals surface area contributed by atoms with Gasteiger partial charge in [-0.1, -0.05) is 30.3 Å². The lowest BCUT2D eigenvalue weighted by atomic mass is 10.1. The lowest BCUT2D eigenvalue weighted by molar-refractivity contribution is 0.0638. The fraction of sp³-hybridized carbons (Fsp3) is 0.368. The Morgan fingerprint density at radius 3 is 2.56 bits per heavy atom. The highest BCUT2D eigenvalue weighted by molar-refractivity contribution is 5.94. The van der Waals surface area contributed by atoms with Crippen molar-refractivity contribution in [3.63, 3.8) is 0 Å². The number of anilines is 1. The van der Waals surface area contributed by atoms with Crippen LogP contribution in [0.15, 0.2) is 42.6 Å². The zero-order valence-electron chi connectivity index (χ0n) is 14.3. The Kier molecular flexibility index (Phi) is 5.63. The molecule has 6 nitrogen and oxygen atoms in total. The standard InChI is InChI=1S/C19H24N4O2/c20-18-17(14-24)12-16(13-21-18)19(25)23-10-8-22(9-11-23)7-6-15-4-2-1-3-5-15/h1-5,12-13,24H,6-11,14H2,(H2,20,21). The number of aliphatic hydroxyl groups is 1. The number of hydrogen-bond acceptors (Lipinski definition) is 5. The Labute approximate surface area is 147 Å². The first-order valence-electron chi connectivity index (χ1n) is 8.58. The highest BCUT2D eigenvalue weighted by Crippen LogP contribution is 2.14. The van der Waals surface area contributed by atoms with Crippen LogP contribution in [0.1, 0.15) is 21.5 Å². The van der Waals surface area contributed by atoms with Crippen molar-refractivity contribution in [1.29, 1.82) is 0 Å². The molecule has 6 heteroatoms. The first-order chi connectivity index (χ1) is 12.2. The van der Waals surface area contributed by atoms with E-state index in [2.05, 4.69) is 34.1 Å². The minimum atomic E-state index is -0.215. The Hall–Kier alpha value is -2.44. The minimum Gasteiger partial charge on any atom is -0.392 e. The molecular formula is C19H24N4O2. The molecule has 0 aliphatic carbocycles. The number of pyridine rings is 1. The SMILES string of the molecule is Nc1ncc(C(=O)N2CCN(CCc3ccccc3)CC2)cc1CO. The van der Waals surface area contributed by atoms with Gasteiger partial charge in [-0.25, -0.2) is 4.98 Å². The van der Waals surface area contributed by atoms with Crippen LogP contribution in [0, 0.1) is 0 Å². The molecule has 1 aliphatic heterocycles. The third-order valence-corrected chi connectivity index (χ3v) is 4.64. The highest BCUT2D eigenvalue weighted by Gasteiger charge is 2.22. The van der Waals surface area contributed by atoms with Gasteiger partial charge in [0, 0.05) is 44.5 Å². The molecule has 0 saturated carbocycles. The maximum absolute atomic E-state index is 12.6. The maximum atomic E-state index is 12.6. The molecule has 1 fully saturated rings. The van der Waals surface area contributed by atoms with E-state index >= 15 is 0 Å². The van der Waals surface area contributed by atoms with Gasteiger partial charge in [-0.05, 0) is 18.1 Å². The number of nitrogen functional groups attached to an aromatic ring is 1. The third-order valence-electron chi connectivity index (χ3n) is 4.64. The van der Waals surface area contributed by atoms with Crippen LogP contribution in [0.2, 0.25) is 0 Å². The van der Waals surface area contributed by atoms with E-state index in [4.69, 9.17) is 5.73 Å². The largest absolute Gasteiger partial charge is 0.392 e. The van der Waals surface area contributed by atoms with E-state index in [1.54, 1.807) is 6.07 Å². The molecule has 1 amide bonds. The van der Waals surface area contributed by atoms with Crippen molar-refractivity contribution in [2.75, 3.05) is 38.5 Å². The van der Waals surface area contributed by atoms with E-state index in [0.29, 0.717) is 24.2 Å². The Morgan fingerprint density at radius 1 is 1.16 bits per heavy atom. The summed E-state index contributed by atoms with van der Waals surface area (Å²) in [7, 11) is 0. The summed E-state index contributed by atoms with van der Waals surface area (Å²) in [6.45, 7) is 3.93. The summed E-state index contributed by atoms with van der Waals surface area (Å²) in [5.74, 6) is 0.217. The summed E-state index contributed by atoms with van der Waals surface area (Å²) in [5, 5.41) is 9.27. The molecule has 0 spiro atoms. The second-order valence-corrected chi connectivity index (χ2v) is 6.30. The van der Waals surface area contributed by atoms with E-state index in [0.717, 1.165) is 26.1 Å². The van der Waals surface area contributed by atoms with Crippen LogP contribution in [0.4, 0.5) is 5.82 Å². The van der Waals surface area contributed by atoms with Gasteiger partial charge in [-0.3, -0.25) is 9.69 Å². The molecule has 1 aromatic carbocycles. The van der Waals surface area contributed by atoms with Crippen molar-refractivity contribution in [2.24, 2.45) is 0 Å². The summed E-state index contributed by atoms with van der Waals surface area (Å²) in [6, 6.07) is 12.1. The number of carbonyl (C=O) groups is 1. The molecule has 0 radical (unpaired) electrons. The summed E-state index contributed by atoms with van der Waals surface area (Å²) in [6.07, 6.45) is 2.51. The number of benzene rings is 1. The number of aliphatic hydroxyl groups excluding tert-OH is 1. The van der Waals surface area contributed by atoms with Crippen LogP contribution in [0.3, 0.4) is 0 Å². The van der Waals surface area contributed by atoms with Gasteiger partial charge >= 0.3 is 0 Å². The van der Waals surface area contributed by atoms with Gasteiger partial charge in [-0.2, -0.15) is 0 Å². The Balaban J connectivity index is 1.52. The lowest BCUT2D eigenvalue weighted by Crippen LogP contribution is -2.49. The summed E-state index contributed by atoms with van der Waals surface area (Å²) in [4.78, 5) is 20.8. The second kappa shape index (κ2) is 8.09. The number of hydrogen-bond donors (Lipinski definition) is 2. The van der Waals surface area contributed by atoms with Gasteiger partial charge in [0.2, 0.25) is 0 Å². The van der Waals surface area contributed by atoms with E-state index < -0.39 is 0 Å². The van der Waals surface area contributed by atoms with Crippen molar-refractivity contribution in [3.05, 3.63) is 59.3 Å². The van der Waals surface area contributed by atoms with Crippen molar-refractivity contribution < 1.29 is 9.90 Å². The van der Waals surface area contributed by atoms with Crippen LogP contribution < -0.4 is 5.73 Å². The first-order valence-corrected chi connectivity index (χ1v) is 8.58. The quantitative estimate of drug-likeness (QED) is 0.853. The van der Waals surface area contributed by atoms with Crippen LogP contribution in [0.25, 0.3) is 0 Å². The molecule has 25 heavy (non-hydrogen) atoms. The molecule has 1 saturated heterocycles. The number of piperazine rings is 1. The molecule has 0 unspecified atom stereocenters. The lowest BCUT2D eigenvalue weighted by Gasteiger charge is -2.34. The molecule has 0 atom stereocenters. The van der Waals surface area contributed by atoms with Gasteiger partial charge in [0.05, 0.1) is 12.2 Å². The van der Waals surface area contributed by atoms with Gasteiger partial charge < -0.3 is 15.7 Å². The number of aromatic nitrogens is 1. The van der Waals surface area contributed by atoms with Gasteiger partial charge in [0.1, 0.15) is 5.82 Å².